The van der Waals surface area contributed by atoms with Gasteiger partial charge >= 0.3 is 0 Å². The lowest BCUT2D eigenvalue weighted by molar-refractivity contribution is 0.264. The topological polar surface area (TPSA) is 48.3 Å². The molecule has 1 aromatic carbocycles. The minimum Gasteiger partial charge on any atom is -0.490 e. The number of aromatic nitrogens is 2. The first-order valence-electron chi connectivity index (χ1n) is 7.26. The number of aryl methyl sites for hydroxylation is 1. The van der Waals surface area contributed by atoms with Crippen LogP contribution in [0.25, 0.3) is 0 Å². The molecule has 0 saturated carbocycles. The molecule has 0 radical (unpaired) electrons. The Morgan fingerprint density at radius 2 is 1.90 bits per heavy atom. The number of rotatable bonds is 8. The number of imidazole rings is 1. The van der Waals surface area contributed by atoms with Gasteiger partial charge in [-0.1, -0.05) is 12.1 Å². The molecule has 0 saturated heterocycles. The summed E-state index contributed by atoms with van der Waals surface area (Å²) in [6.45, 7) is 6.76. The first kappa shape index (κ1) is 15.4. The largest absolute Gasteiger partial charge is 0.490 e. The summed E-state index contributed by atoms with van der Waals surface area (Å²) in [5, 5.41) is 3.15. The highest BCUT2D eigenvalue weighted by atomic mass is 16.5. The molecule has 2 aromatic rings. The van der Waals surface area contributed by atoms with Gasteiger partial charge in [0.05, 0.1) is 18.8 Å². The molecule has 2 rings (SSSR count). The molecule has 5 heteroatoms. The van der Waals surface area contributed by atoms with Crippen LogP contribution in [0.5, 0.6) is 11.5 Å². The van der Waals surface area contributed by atoms with Crippen molar-refractivity contribution < 1.29 is 9.47 Å². The zero-order valence-corrected chi connectivity index (χ0v) is 12.9. The average molecular weight is 289 g/mol. The fraction of sp³-hybridized carbons (Fsp3) is 0.438. The van der Waals surface area contributed by atoms with Crippen molar-refractivity contribution >= 4 is 0 Å². The van der Waals surface area contributed by atoms with Gasteiger partial charge in [0.15, 0.2) is 11.5 Å². The van der Waals surface area contributed by atoms with Crippen molar-refractivity contribution in [3.8, 4) is 11.5 Å². The summed E-state index contributed by atoms with van der Waals surface area (Å²) in [6, 6.07) is 7.75. The Kier molecular flexibility index (Phi) is 5.63. The summed E-state index contributed by atoms with van der Waals surface area (Å²) in [5.41, 5.74) is 1.16. The van der Waals surface area contributed by atoms with Gasteiger partial charge in [-0.2, -0.15) is 0 Å². The Balaban J connectivity index is 1.97. The molecule has 1 N–H and O–H groups in total. The van der Waals surface area contributed by atoms with Gasteiger partial charge in [0, 0.05) is 12.7 Å². The lowest BCUT2D eigenvalue weighted by Crippen LogP contribution is -2.16. The molecule has 0 aliphatic heterocycles. The smallest absolute Gasteiger partial charge is 0.161 e. The van der Waals surface area contributed by atoms with Crippen molar-refractivity contribution in [2.24, 2.45) is 0 Å². The van der Waals surface area contributed by atoms with E-state index in [0.717, 1.165) is 36.1 Å². The lowest BCUT2D eigenvalue weighted by atomic mass is 10.3. The fourth-order valence-corrected chi connectivity index (χ4v) is 2.23. The third-order valence-corrected chi connectivity index (χ3v) is 3.22. The molecule has 0 aliphatic carbocycles. The standard InChI is InChI=1S/C16H23N3O2/c1-4-20-15-7-5-6-8-16(15)21-10-9-19-13(2)18-12-14(19)11-17-3/h5-8,12,17H,4,9-11H2,1-3H3. The fourth-order valence-electron chi connectivity index (χ4n) is 2.23. The van der Waals surface area contributed by atoms with Crippen LogP contribution in [0.1, 0.15) is 18.4 Å². The van der Waals surface area contributed by atoms with E-state index in [-0.39, 0.29) is 0 Å². The van der Waals surface area contributed by atoms with E-state index in [4.69, 9.17) is 9.47 Å². The maximum atomic E-state index is 5.86. The molecule has 0 spiro atoms. The van der Waals surface area contributed by atoms with Crippen LogP contribution in [-0.4, -0.2) is 29.8 Å². The van der Waals surface area contributed by atoms with E-state index >= 15 is 0 Å². The molecule has 0 aliphatic rings. The van der Waals surface area contributed by atoms with Gasteiger partial charge < -0.3 is 19.4 Å². The number of nitrogens with one attached hydrogen (secondary N) is 1. The van der Waals surface area contributed by atoms with Crippen molar-refractivity contribution in [2.75, 3.05) is 20.3 Å². The van der Waals surface area contributed by atoms with Crippen LogP contribution in [0.4, 0.5) is 0 Å². The predicted molar refractivity (Wildman–Crippen MR) is 82.8 cm³/mol. The van der Waals surface area contributed by atoms with Crippen LogP contribution in [-0.2, 0) is 13.1 Å². The van der Waals surface area contributed by atoms with E-state index in [1.54, 1.807) is 0 Å². The van der Waals surface area contributed by atoms with Gasteiger partial charge in [-0.05, 0) is 33.0 Å². The zero-order chi connectivity index (χ0) is 15.1. The van der Waals surface area contributed by atoms with E-state index < -0.39 is 0 Å². The van der Waals surface area contributed by atoms with Crippen molar-refractivity contribution in [3.05, 3.63) is 42.0 Å². The molecule has 0 unspecified atom stereocenters. The monoisotopic (exact) mass is 289 g/mol. The number of para-hydroxylation sites is 2. The minimum absolute atomic E-state index is 0.581. The van der Waals surface area contributed by atoms with E-state index in [1.807, 2.05) is 51.4 Å². The first-order valence-corrected chi connectivity index (χ1v) is 7.26. The van der Waals surface area contributed by atoms with E-state index in [9.17, 15) is 0 Å². The Morgan fingerprint density at radius 1 is 1.19 bits per heavy atom. The van der Waals surface area contributed by atoms with E-state index in [0.29, 0.717) is 13.2 Å². The highest BCUT2D eigenvalue weighted by Crippen LogP contribution is 2.26. The molecule has 114 valence electrons. The van der Waals surface area contributed by atoms with Gasteiger partial charge in [0.2, 0.25) is 0 Å². The van der Waals surface area contributed by atoms with Gasteiger partial charge in [-0.3, -0.25) is 0 Å². The number of ether oxygens (including phenoxy) is 2. The number of hydrogen-bond acceptors (Lipinski definition) is 4. The Hall–Kier alpha value is -2.01. The van der Waals surface area contributed by atoms with Crippen LogP contribution >= 0.6 is 0 Å². The van der Waals surface area contributed by atoms with Crippen molar-refractivity contribution in [2.45, 2.75) is 26.9 Å². The van der Waals surface area contributed by atoms with Gasteiger partial charge in [-0.25, -0.2) is 4.98 Å². The van der Waals surface area contributed by atoms with Crippen LogP contribution in [0.3, 0.4) is 0 Å². The minimum atomic E-state index is 0.581. The third-order valence-electron chi connectivity index (χ3n) is 3.22. The van der Waals surface area contributed by atoms with Crippen molar-refractivity contribution in [3.63, 3.8) is 0 Å². The molecule has 1 aromatic heterocycles. The predicted octanol–water partition coefficient (Wildman–Crippen LogP) is 2.39. The molecule has 21 heavy (non-hydrogen) atoms. The molecule has 0 atom stereocenters. The van der Waals surface area contributed by atoms with Gasteiger partial charge in [0.1, 0.15) is 12.4 Å². The first-order chi connectivity index (χ1) is 10.3. The summed E-state index contributed by atoms with van der Waals surface area (Å²) in [5.74, 6) is 2.58. The normalized spacial score (nSPS) is 10.6. The quantitative estimate of drug-likeness (QED) is 0.810. The maximum Gasteiger partial charge on any atom is 0.161 e. The summed E-state index contributed by atoms with van der Waals surface area (Å²) in [6.07, 6.45) is 1.90. The van der Waals surface area contributed by atoms with E-state index in [1.165, 1.54) is 0 Å². The number of hydrogen-bond donors (Lipinski definition) is 1. The lowest BCUT2D eigenvalue weighted by Gasteiger charge is -2.14. The van der Waals surface area contributed by atoms with E-state index in [2.05, 4.69) is 14.9 Å². The Morgan fingerprint density at radius 3 is 2.57 bits per heavy atom. The van der Waals surface area contributed by atoms with Gasteiger partial charge in [-0.15, -0.1) is 0 Å². The Bertz CT molecular complexity index is 566. The summed E-state index contributed by atoms with van der Waals surface area (Å²) >= 11 is 0. The summed E-state index contributed by atoms with van der Waals surface area (Å²) in [7, 11) is 1.93. The molecular formula is C16H23N3O2. The average Bonchev–Trinajstić information content (AvgIpc) is 2.83. The van der Waals surface area contributed by atoms with Crippen molar-refractivity contribution in [1.29, 1.82) is 0 Å². The van der Waals surface area contributed by atoms with Gasteiger partial charge in [0.25, 0.3) is 0 Å². The molecule has 0 bridgehead atoms. The number of benzene rings is 1. The summed E-state index contributed by atoms with van der Waals surface area (Å²) < 4.78 is 13.6. The Labute approximate surface area is 125 Å². The van der Waals surface area contributed by atoms with Crippen LogP contribution in [0, 0.1) is 6.92 Å². The highest BCUT2D eigenvalue weighted by molar-refractivity contribution is 5.39. The molecular weight excluding hydrogens is 266 g/mol. The molecule has 5 nitrogen and oxygen atoms in total. The highest BCUT2D eigenvalue weighted by Gasteiger charge is 2.07. The van der Waals surface area contributed by atoms with Crippen LogP contribution in [0.2, 0.25) is 0 Å². The maximum absolute atomic E-state index is 5.86. The second kappa shape index (κ2) is 7.69. The second-order valence-electron chi connectivity index (χ2n) is 4.71. The third kappa shape index (κ3) is 3.98. The second-order valence-corrected chi connectivity index (χ2v) is 4.71. The SMILES string of the molecule is CCOc1ccccc1OCCn1c(CNC)cnc1C. The molecule has 1 heterocycles. The van der Waals surface area contributed by atoms with Crippen LogP contribution in [0.15, 0.2) is 30.5 Å². The number of nitrogens with zero attached hydrogens (tertiary/aromatic N) is 2. The zero-order valence-electron chi connectivity index (χ0n) is 12.9. The molecule has 0 amide bonds. The van der Waals surface area contributed by atoms with Crippen molar-refractivity contribution in [1.82, 2.24) is 14.9 Å². The summed E-state index contributed by atoms with van der Waals surface area (Å²) in [4.78, 5) is 4.35. The molecule has 0 fully saturated rings. The van der Waals surface area contributed by atoms with Crippen LogP contribution < -0.4 is 14.8 Å².